The molecule has 2 unspecified atom stereocenters. The molecule has 0 heterocycles. The van der Waals surface area contributed by atoms with Crippen LogP contribution in [-0.2, 0) is 9.59 Å². The minimum atomic E-state index is -1.13. The maximum atomic E-state index is 11.2. The summed E-state index contributed by atoms with van der Waals surface area (Å²) in [6.45, 7) is 0. The van der Waals surface area contributed by atoms with E-state index in [0.717, 1.165) is 5.39 Å². The van der Waals surface area contributed by atoms with E-state index in [2.05, 4.69) is 25.3 Å². The Morgan fingerprint density at radius 1 is 0.900 bits per heavy atom. The molecule has 0 fully saturated rings. The third kappa shape index (κ3) is 2.62. The lowest BCUT2D eigenvalue weighted by Gasteiger charge is -2.18. The summed E-state index contributed by atoms with van der Waals surface area (Å²) in [4.78, 5) is 22.4. The zero-order chi connectivity index (χ0) is 14.9. The van der Waals surface area contributed by atoms with Crippen LogP contribution < -0.4 is 0 Å². The first kappa shape index (κ1) is 14.7. The molecule has 0 aromatic heterocycles. The van der Waals surface area contributed by atoms with Crippen molar-refractivity contribution in [3.63, 3.8) is 0 Å². The van der Waals surface area contributed by atoms with E-state index in [1.807, 2.05) is 12.1 Å². The molecule has 2 atom stereocenters. The first-order valence-electron chi connectivity index (χ1n) is 5.76. The second-order valence-corrected chi connectivity index (χ2v) is 5.30. The van der Waals surface area contributed by atoms with Crippen molar-refractivity contribution in [2.75, 3.05) is 0 Å². The molecule has 4 nitrogen and oxygen atoms in total. The highest BCUT2D eigenvalue weighted by atomic mass is 32.1. The number of carboxylic acids is 2. The van der Waals surface area contributed by atoms with Crippen molar-refractivity contribution >= 4 is 48.0 Å². The van der Waals surface area contributed by atoms with Crippen LogP contribution in [0.1, 0.15) is 21.6 Å². The highest BCUT2D eigenvalue weighted by Crippen LogP contribution is 2.36. The van der Waals surface area contributed by atoms with Crippen molar-refractivity contribution in [1.29, 1.82) is 0 Å². The molecular formula is C14H12O4S2. The van der Waals surface area contributed by atoms with E-state index < -0.39 is 22.4 Å². The van der Waals surface area contributed by atoms with Gasteiger partial charge in [-0.25, -0.2) is 0 Å². The lowest BCUT2D eigenvalue weighted by Crippen LogP contribution is -2.13. The molecule has 2 aromatic carbocycles. The number of fused-ring (bicyclic) bond motifs is 1. The SMILES string of the molecule is O=C(O)C(S)c1ccc2ccccc2c1C(S)C(=O)O. The van der Waals surface area contributed by atoms with Crippen molar-refractivity contribution in [2.24, 2.45) is 0 Å². The summed E-state index contributed by atoms with van der Waals surface area (Å²) < 4.78 is 0. The van der Waals surface area contributed by atoms with Crippen molar-refractivity contribution in [2.45, 2.75) is 10.5 Å². The maximum Gasteiger partial charge on any atom is 0.320 e. The number of carbonyl (C=O) groups is 2. The molecular weight excluding hydrogens is 296 g/mol. The Hall–Kier alpha value is -1.66. The maximum absolute atomic E-state index is 11.2. The first-order valence-corrected chi connectivity index (χ1v) is 6.80. The zero-order valence-corrected chi connectivity index (χ0v) is 12.0. The van der Waals surface area contributed by atoms with E-state index in [0.29, 0.717) is 16.5 Å². The summed E-state index contributed by atoms with van der Waals surface area (Å²) >= 11 is 8.14. The summed E-state index contributed by atoms with van der Waals surface area (Å²) in [6.07, 6.45) is 0. The van der Waals surface area contributed by atoms with E-state index in [1.54, 1.807) is 24.3 Å². The van der Waals surface area contributed by atoms with Gasteiger partial charge in [-0.15, -0.1) is 0 Å². The molecule has 20 heavy (non-hydrogen) atoms. The molecule has 0 amide bonds. The van der Waals surface area contributed by atoms with E-state index in [-0.39, 0.29) is 0 Å². The molecule has 104 valence electrons. The fourth-order valence-corrected chi connectivity index (χ4v) is 2.63. The van der Waals surface area contributed by atoms with E-state index >= 15 is 0 Å². The molecule has 0 aliphatic rings. The van der Waals surface area contributed by atoms with Crippen LogP contribution >= 0.6 is 25.3 Å². The van der Waals surface area contributed by atoms with Crippen LogP contribution in [-0.4, -0.2) is 22.2 Å². The molecule has 0 bridgehead atoms. The highest BCUT2D eigenvalue weighted by molar-refractivity contribution is 7.81. The van der Waals surface area contributed by atoms with Gasteiger partial charge in [0.25, 0.3) is 0 Å². The molecule has 0 saturated carbocycles. The number of benzene rings is 2. The van der Waals surface area contributed by atoms with E-state index in [1.165, 1.54) is 0 Å². The van der Waals surface area contributed by atoms with Gasteiger partial charge in [-0.2, -0.15) is 25.3 Å². The molecule has 0 aliphatic carbocycles. The van der Waals surface area contributed by atoms with Gasteiger partial charge in [0.05, 0.1) is 0 Å². The molecule has 0 radical (unpaired) electrons. The monoisotopic (exact) mass is 308 g/mol. The number of aliphatic carboxylic acids is 2. The van der Waals surface area contributed by atoms with Gasteiger partial charge in [-0.3, -0.25) is 9.59 Å². The Morgan fingerprint density at radius 2 is 1.50 bits per heavy atom. The lowest BCUT2D eigenvalue weighted by atomic mass is 9.94. The molecule has 0 aliphatic heterocycles. The second kappa shape index (κ2) is 5.76. The molecule has 6 heteroatoms. The predicted octanol–water partition coefficient (Wildman–Crippen LogP) is 2.95. The first-order chi connectivity index (χ1) is 9.43. The quantitative estimate of drug-likeness (QED) is 0.655. The third-order valence-electron chi connectivity index (χ3n) is 3.04. The smallest absolute Gasteiger partial charge is 0.320 e. The summed E-state index contributed by atoms with van der Waals surface area (Å²) in [5, 5.41) is 17.6. The van der Waals surface area contributed by atoms with Gasteiger partial charge in [-0.1, -0.05) is 36.4 Å². The minimum absolute atomic E-state index is 0.349. The summed E-state index contributed by atoms with van der Waals surface area (Å²) in [5.41, 5.74) is 0.725. The van der Waals surface area contributed by atoms with Gasteiger partial charge in [0, 0.05) is 0 Å². The number of carboxylic acid groups (broad SMARTS) is 2. The van der Waals surface area contributed by atoms with E-state index in [4.69, 9.17) is 5.11 Å². The highest BCUT2D eigenvalue weighted by Gasteiger charge is 2.26. The number of hydrogen-bond donors (Lipinski definition) is 4. The number of hydrogen-bond acceptors (Lipinski definition) is 4. The molecule has 0 saturated heterocycles. The molecule has 2 aromatic rings. The average Bonchev–Trinajstić information content (AvgIpc) is 2.44. The van der Waals surface area contributed by atoms with Gasteiger partial charge >= 0.3 is 11.9 Å². The van der Waals surface area contributed by atoms with Crippen LogP contribution in [0.25, 0.3) is 10.8 Å². The Balaban J connectivity index is 2.77. The Morgan fingerprint density at radius 3 is 2.10 bits per heavy atom. The van der Waals surface area contributed by atoms with Crippen molar-refractivity contribution in [3.05, 3.63) is 47.5 Å². The fourth-order valence-electron chi connectivity index (χ4n) is 2.11. The van der Waals surface area contributed by atoms with Crippen molar-refractivity contribution < 1.29 is 19.8 Å². The Bertz CT molecular complexity index is 684. The Labute approximate surface area is 126 Å². The standard InChI is InChI=1S/C14H12O4S2/c15-13(16)11(19)9-6-5-7-3-1-2-4-8(7)10(9)12(20)14(17)18/h1-6,11-12,19-20H,(H,15,16)(H,17,18). The van der Waals surface area contributed by atoms with Crippen molar-refractivity contribution in [3.8, 4) is 0 Å². The lowest BCUT2D eigenvalue weighted by molar-refractivity contribution is -0.137. The van der Waals surface area contributed by atoms with E-state index in [9.17, 15) is 14.7 Å². The second-order valence-electron chi connectivity index (χ2n) is 4.27. The van der Waals surface area contributed by atoms with Crippen LogP contribution in [0, 0.1) is 0 Å². The van der Waals surface area contributed by atoms with Crippen molar-refractivity contribution in [1.82, 2.24) is 0 Å². The Kier molecular flexibility index (Phi) is 4.25. The normalized spacial score (nSPS) is 13.9. The predicted molar refractivity (Wildman–Crippen MR) is 82.7 cm³/mol. The average molecular weight is 308 g/mol. The summed E-state index contributed by atoms with van der Waals surface area (Å²) in [5.74, 6) is -2.26. The topological polar surface area (TPSA) is 74.6 Å². The van der Waals surface area contributed by atoms with Gasteiger partial charge in [0.1, 0.15) is 10.5 Å². The molecule has 2 N–H and O–H groups in total. The minimum Gasteiger partial charge on any atom is -0.480 e. The largest absolute Gasteiger partial charge is 0.480 e. The van der Waals surface area contributed by atoms with Gasteiger partial charge < -0.3 is 10.2 Å². The van der Waals surface area contributed by atoms with Crippen LogP contribution in [0.5, 0.6) is 0 Å². The van der Waals surface area contributed by atoms with Crippen LogP contribution in [0.3, 0.4) is 0 Å². The van der Waals surface area contributed by atoms with Crippen LogP contribution in [0.15, 0.2) is 36.4 Å². The summed E-state index contributed by atoms with van der Waals surface area (Å²) in [6, 6.07) is 10.5. The van der Waals surface area contributed by atoms with Crippen LogP contribution in [0.4, 0.5) is 0 Å². The zero-order valence-electron chi connectivity index (χ0n) is 10.2. The van der Waals surface area contributed by atoms with Gasteiger partial charge in [0.15, 0.2) is 0 Å². The van der Waals surface area contributed by atoms with Gasteiger partial charge in [0.2, 0.25) is 0 Å². The fraction of sp³-hybridized carbons (Fsp3) is 0.143. The molecule has 2 rings (SSSR count). The molecule has 0 spiro atoms. The number of thiol groups is 2. The summed E-state index contributed by atoms with van der Waals surface area (Å²) in [7, 11) is 0. The van der Waals surface area contributed by atoms with Crippen LogP contribution in [0.2, 0.25) is 0 Å². The van der Waals surface area contributed by atoms with Gasteiger partial charge in [-0.05, 0) is 21.9 Å². The third-order valence-corrected chi connectivity index (χ3v) is 4.02. The number of rotatable bonds is 4.